The SMILES string of the molecule is COc1ccc([N+](=O)[O-])c(-n2ccnc2C)c1. The van der Waals surface area contributed by atoms with Crippen LogP contribution >= 0.6 is 0 Å². The van der Waals surface area contributed by atoms with Crippen LogP contribution in [0.1, 0.15) is 5.82 Å². The predicted octanol–water partition coefficient (Wildman–Crippen LogP) is 2.10. The third-order valence-electron chi connectivity index (χ3n) is 2.46. The number of hydrogen-bond donors (Lipinski definition) is 0. The van der Waals surface area contributed by atoms with Gasteiger partial charge in [-0.25, -0.2) is 4.98 Å². The number of ether oxygens (including phenoxy) is 1. The van der Waals surface area contributed by atoms with E-state index in [9.17, 15) is 10.1 Å². The van der Waals surface area contributed by atoms with Crippen LogP contribution in [0.5, 0.6) is 5.75 Å². The predicted molar refractivity (Wildman–Crippen MR) is 61.5 cm³/mol. The van der Waals surface area contributed by atoms with Gasteiger partial charge in [-0.2, -0.15) is 0 Å². The Bertz CT molecular complexity index is 563. The van der Waals surface area contributed by atoms with Gasteiger partial charge in [0.2, 0.25) is 0 Å². The molecule has 0 atom stereocenters. The Balaban J connectivity index is 2.65. The third-order valence-corrected chi connectivity index (χ3v) is 2.46. The molecule has 0 saturated carbocycles. The monoisotopic (exact) mass is 233 g/mol. The molecule has 0 saturated heterocycles. The summed E-state index contributed by atoms with van der Waals surface area (Å²) in [5.41, 5.74) is 0.469. The lowest BCUT2D eigenvalue weighted by Crippen LogP contribution is -2.01. The van der Waals surface area contributed by atoms with Gasteiger partial charge >= 0.3 is 0 Å². The maximum atomic E-state index is 11.0. The number of imidazole rings is 1. The highest BCUT2D eigenvalue weighted by Gasteiger charge is 2.17. The van der Waals surface area contributed by atoms with Gasteiger partial charge in [0.15, 0.2) is 0 Å². The summed E-state index contributed by atoms with van der Waals surface area (Å²) in [6.07, 6.45) is 3.27. The van der Waals surface area contributed by atoms with Gasteiger partial charge in [-0.15, -0.1) is 0 Å². The Hall–Kier alpha value is -2.37. The summed E-state index contributed by atoms with van der Waals surface area (Å²) in [5, 5.41) is 11.0. The van der Waals surface area contributed by atoms with Crippen LogP contribution in [0.15, 0.2) is 30.6 Å². The fraction of sp³-hybridized carbons (Fsp3) is 0.182. The largest absolute Gasteiger partial charge is 0.497 e. The average Bonchev–Trinajstić information content (AvgIpc) is 2.74. The zero-order valence-electron chi connectivity index (χ0n) is 9.45. The molecule has 0 N–H and O–H groups in total. The molecule has 0 spiro atoms. The van der Waals surface area contributed by atoms with E-state index >= 15 is 0 Å². The van der Waals surface area contributed by atoms with Crippen molar-refractivity contribution in [3.05, 3.63) is 46.5 Å². The molecule has 0 bridgehead atoms. The smallest absolute Gasteiger partial charge is 0.293 e. The molecule has 6 nitrogen and oxygen atoms in total. The topological polar surface area (TPSA) is 70.2 Å². The van der Waals surface area contributed by atoms with E-state index in [1.54, 1.807) is 36.0 Å². The molecule has 6 heteroatoms. The van der Waals surface area contributed by atoms with Crippen LogP contribution in [0.25, 0.3) is 5.69 Å². The number of hydrogen-bond acceptors (Lipinski definition) is 4. The molecule has 0 radical (unpaired) electrons. The van der Waals surface area contributed by atoms with Crippen molar-refractivity contribution < 1.29 is 9.66 Å². The molecule has 2 aromatic rings. The van der Waals surface area contributed by atoms with E-state index in [1.807, 2.05) is 0 Å². The van der Waals surface area contributed by atoms with E-state index in [0.29, 0.717) is 17.3 Å². The average molecular weight is 233 g/mol. The molecule has 1 aromatic carbocycles. The number of benzene rings is 1. The maximum absolute atomic E-state index is 11.0. The highest BCUT2D eigenvalue weighted by Crippen LogP contribution is 2.28. The molecule has 1 heterocycles. The molecular weight excluding hydrogens is 222 g/mol. The van der Waals surface area contributed by atoms with Gasteiger partial charge in [-0.3, -0.25) is 14.7 Å². The van der Waals surface area contributed by atoms with E-state index in [2.05, 4.69) is 4.98 Å². The van der Waals surface area contributed by atoms with Crippen molar-refractivity contribution in [2.45, 2.75) is 6.92 Å². The summed E-state index contributed by atoms with van der Waals surface area (Å²) in [6.45, 7) is 1.78. The number of nitro benzene ring substituents is 1. The van der Waals surface area contributed by atoms with Crippen molar-refractivity contribution in [3.63, 3.8) is 0 Å². The summed E-state index contributed by atoms with van der Waals surface area (Å²) in [7, 11) is 1.52. The zero-order chi connectivity index (χ0) is 12.4. The number of nitro groups is 1. The van der Waals surface area contributed by atoms with Gasteiger partial charge in [0.25, 0.3) is 5.69 Å². The van der Waals surface area contributed by atoms with Gasteiger partial charge < -0.3 is 4.74 Å². The second-order valence-electron chi connectivity index (χ2n) is 3.46. The van der Waals surface area contributed by atoms with Crippen molar-refractivity contribution in [3.8, 4) is 11.4 Å². The molecule has 1 aromatic heterocycles. The second-order valence-corrected chi connectivity index (χ2v) is 3.46. The van der Waals surface area contributed by atoms with E-state index in [1.165, 1.54) is 13.2 Å². The minimum atomic E-state index is -0.422. The molecule has 2 rings (SSSR count). The fourth-order valence-corrected chi connectivity index (χ4v) is 1.61. The number of rotatable bonds is 3. The van der Waals surface area contributed by atoms with Gasteiger partial charge in [0.1, 0.15) is 17.3 Å². The van der Waals surface area contributed by atoms with Crippen LogP contribution in [0, 0.1) is 17.0 Å². The quantitative estimate of drug-likeness (QED) is 0.601. The van der Waals surface area contributed by atoms with E-state index in [-0.39, 0.29) is 5.69 Å². The van der Waals surface area contributed by atoms with Crippen LogP contribution < -0.4 is 4.74 Å². The summed E-state index contributed by atoms with van der Waals surface area (Å²) in [5.74, 6) is 1.25. The second kappa shape index (κ2) is 4.25. The van der Waals surface area contributed by atoms with Crippen molar-refractivity contribution in [1.82, 2.24) is 9.55 Å². The minimum absolute atomic E-state index is 0.0203. The first-order chi connectivity index (χ1) is 8.13. The lowest BCUT2D eigenvalue weighted by Gasteiger charge is -2.07. The molecule has 0 aliphatic heterocycles. The van der Waals surface area contributed by atoms with Gasteiger partial charge in [-0.1, -0.05) is 0 Å². The molecule has 88 valence electrons. The summed E-state index contributed by atoms with van der Waals surface area (Å²) < 4.78 is 6.72. The molecular formula is C11H11N3O3. The van der Waals surface area contributed by atoms with Crippen LogP contribution in [0.2, 0.25) is 0 Å². The lowest BCUT2D eigenvalue weighted by molar-refractivity contribution is -0.384. The molecule has 0 fully saturated rings. The molecule has 0 amide bonds. The van der Waals surface area contributed by atoms with E-state index in [4.69, 9.17) is 4.74 Å². The van der Waals surface area contributed by atoms with Crippen LogP contribution in [0.3, 0.4) is 0 Å². The highest BCUT2D eigenvalue weighted by atomic mass is 16.6. The number of aromatic nitrogens is 2. The van der Waals surface area contributed by atoms with Gasteiger partial charge in [-0.05, 0) is 13.0 Å². The Labute approximate surface area is 97.6 Å². The van der Waals surface area contributed by atoms with E-state index in [0.717, 1.165) is 0 Å². The van der Waals surface area contributed by atoms with Gasteiger partial charge in [0.05, 0.1) is 12.0 Å². The van der Waals surface area contributed by atoms with Crippen molar-refractivity contribution in [1.29, 1.82) is 0 Å². The Kier molecular flexibility index (Phi) is 2.78. The summed E-state index contributed by atoms with van der Waals surface area (Å²) in [4.78, 5) is 14.6. The summed E-state index contributed by atoms with van der Waals surface area (Å²) in [6, 6.07) is 4.61. The standard InChI is InChI=1S/C11H11N3O3/c1-8-12-5-6-13(8)11-7-9(17-2)3-4-10(11)14(15)16/h3-7H,1-2H3. The van der Waals surface area contributed by atoms with Crippen LogP contribution in [-0.4, -0.2) is 21.6 Å². The van der Waals surface area contributed by atoms with Crippen molar-refractivity contribution in [2.75, 3.05) is 7.11 Å². The highest BCUT2D eigenvalue weighted by molar-refractivity contribution is 5.56. The fourth-order valence-electron chi connectivity index (χ4n) is 1.61. The van der Waals surface area contributed by atoms with Crippen molar-refractivity contribution >= 4 is 5.69 Å². The minimum Gasteiger partial charge on any atom is -0.497 e. The van der Waals surface area contributed by atoms with Gasteiger partial charge in [0, 0.05) is 24.5 Å². The first kappa shape index (κ1) is 11.1. The van der Waals surface area contributed by atoms with Crippen LogP contribution in [0.4, 0.5) is 5.69 Å². The molecule has 17 heavy (non-hydrogen) atoms. The Morgan fingerprint density at radius 2 is 2.24 bits per heavy atom. The Morgan fingerprint density at radius 3 is 2.76 bits per heavy atom. The van der Waals surface area contributed by atoms with E-state index < -0.39 is 4.92 Å². The lowest BCUT2D eigenvalue weighted by atomic mass is 10.2. The number of methoxy groups -OCH3 is 1. The molecule has 0 unspecified atom stereocenters. The number of nitrogens with zero attached hydrogens (tertiary/aromatic N) is 3. The third kappa shape index (κ3) is 1.96. The molecule has 0 aliphatic rings. The maximum Gasteiger partial charge on any atom is 0.293 e. The van der Waals surface area contributed by atoms with Crippen LogP contribution in [-0.2, 0) is 0 Å². The number of aryl methyl sites for hydroxylation is 1. The Morgan fingerprint density at radius 1 is 1.47 bits per heavy atom. The van der Waals surface area contributed by atoms with Crippen molar-refractivity contribution in [2.24, 2.45) is 0 Å². The zero-order valence-corrected chi connectivity index (χ0v) is 9.45. The first-order valence-electron chi connectivity index (χ1n) is 4.96. The first-order valence-corrected chi connectivity index (χ1v) is 4.96. The normalized spacial score (nSPS) is 10.2. The molecule has 0 aliphatic carbocycles. The summed E-state index contributed by atoms with van der Waals surface area (Å²) >= 11 is 0.